The lowest BCUT2D eigenvalue weighted by Crippen LogP contribution is -2.56. The Labute approximate surface area is 86.6 Å². The summed E-state index contributed by atoms with van der Waals surface area (Å²) in [6.07, 6.45) is 0. The molecule has 0 spiro atoms. The van der Waals surface area contributed by atoms with Gasteiger partial charge in [-0.1, -0.05) is 0 Å². The Kier molecular flexibility index (Phi) is 3.10. The molecule has 2 unspecified atom stereocenters. The third-order valence-electron chi connectivity index (χ3n) is 3.82. The first-order valence-electron chi connectivity index (χ1n) is 5.74. The molecule has 2 heterocycles. The summed E-state index contributed by atoms with van der Waals surface area (Å²) in [5.41, 5.74) is 5.84. The Bertz CT molecular complexity index is 182. The van der Waals surface area contributed by atoms with Crippen LogP contribution in [0.5, 0.6) is 0 Å². The minimum atomic E-state index is 0.664. The quantitative estimate of drug-likeness (QED) is 0.704. The highest BCUT2D eigenvalue weighted by Gasteiger charge is 2.39. The standard InChI is InChI=1S/C11H22N2O/c1-8(2)13-4-9-6-14-7-10(5-13)11(9)3-12/h8-11H,3-7,12H2,1-2H3. The topological polar surface area (TPSA) is 38.5 Å². The maximum absolute atomic E-state index is 5.84. The van der Waals surface area contributed by atoms with Gasteiger partial charge in [0.15, 0.2) is 0 Å². The van der Waals surface area contributed by atoms with E-state index in [0.717, 1.165) is 19.8 Å². The molecule has 14 heavy (non-hydrogen) atoms. The van der Waals surface area contributed by atoms with Gasteiger partial charge in [-0.3, -0.25) is 0 Å². The van der Waals surface area contributed by atoms with Crippen LogP contribution < -0.4 is 5.73 Å². The Hall–Kier alpha value is -0.120. The van der Waals surface area contributed by atoms with Gasteiger partial charge >= 0.3 is 0 Å². The first kappa shape index (κ1) is 10.4. The van der Waals surface area contributed by atoms with E-state index in [0.29, 0.717) is 23.8 Å². The van der Waals surface area contributed by atoms with Gasteiger partial charge in [-0.05, 0) is 38.1 Å². The SMILES string of the molecule is CC(C)N1CC2COCC(C1)C2CN. The molecule has 2 fully saturated rings. The smallest absolute Gasteiger partial charge is 0.0509 e. The van der Waals surface area contributed by atoms with E-state index in [1.807, 2.05) is 0 Å². The van der Waals surface area contributed by atoms with Gasteiger partial charge in [-0.15, -0.1) is 0 Å². The summed E-state index contributed by atoms with van der Waals surface area (Å²) < 4.78 is 5.61. The van der Waals surface area contributed by atoms with E-state index < -0.39 is 0 Å². The highest BCUT2D eigenvalue weighted by Crippen LogP contribution is 2.33. The minimum Gasteiger partial charge on any atom is -0.381 e. The number of nitrogens with two attached hydrogens (primary N) is 1. The lowest BCUT2D eigenvalue weighted by Gasteiger charge is -2.48. The maximum atomic E-state index is 5.84. The molecular formula is C11H22N2O. The van der Waals surface area contributed by atoms with Gasteiger partial charge in [0.2, 0.25) is 0 Å². The zero-order valence-electron chi connectivity index (χ0n) is 9.28. The van der Waals surface area contributed by atoms with Crippen LogP contribution in [0, 0.1) is 17.8 Å². The number of hydrogen-bond donors (Lipinski definition) is 1. The molecule has 0 aromatic carbocycles. The minimum absolute atomic E-state index is 0.664. The van der Waals surface area contributed by atoms with E-state index >= 15 is 0 Å². The van der Waals surface area contributed by atoms with Gasteiger partial charge in [0.05, 0.1) is 13.2 Å². The molecule has 0 aliphatic carbocycles. The summed E-state index contributed by atoms with van der Waals surface area (Å²) in [7, 11) is 0. The van der Waals surface area contributed by atoms with E-state index in [1.165, 1.54) is 13.1 Å². The predicted octanol–water partition coefficient (Wildman–Crippen LogP) is 0.548. The Morgan fingerprint density at radius 2 is 1.86 bits per heavy atom. The first-order chi connectivity index (χ1) is 6.72. The molecule has 2 atom stereocenters. The van der Waals surface area contributed by atoms with Crippen LogP contribution in [0.2, 0.25) is 0 Å². The van der Waals surface area contributed by atoms with Crippen molar-refractivity contribution in [2.24, 2.45) is 23.5 Å². The number of likely N-dealkylation sites (tertiary alicyclic amines) is 1. The molecule has 2 aliphatic rings. The highest BCUT2D eigenvalue weighted by atomic mass is 16.5. The average molecular weight is 198 g/mol. The van der Waals surface area contributed by atoms with E-state index in [9.17, 15) is 0 Å². The van der Waals surface area contributed by atoms with Crippen molar-refractivity contribution >= 4 is 0 Å². The van der Waals surface area contributed by atoms with Crippen LogP contribution in [0.3, 0.4) is 0 Å². The zero-order valence-corrected chi connectivity index (χ0v) is 9.28. The molecular weight excluding hydrogens is 176 g/mol. The summed E-state index contributed by atoms with van der Waals surface area (Å²) in [6.45, 7) is 9.58. The van der Waals surface area contributed by atoms with E-state index in [-0.39, 0.29) is 0 Å². The third kappa shape index (κ3) is 1.81. The highest BCUT2D eigenvalue weighted by molar-refractivity contribution is 4.90. The fraction of sp³-hybridized carbons (Fsp3) is 1.00. The van der Waals surface area contributed by atoms with Gasteiger partial charge < -0.3 is 15.4 Å². The fourth-order valence-electron chi connectivity index (χ4n) is 2.86. The molecule has 2 N–H and O–H groups in total. The van der Waals surface area contributed by atoms with Crippen LogP contribution in [0.4, 0.5) is 0 Å². The van der Waals surface area contributed by atoms with Crippen molar-refractivity contribution in [3.8, 4) is 0 Å². The van der Waals surface area contributed by atoms with Gasteiger partial charge in [0.1, 0.15) is 0 Å². The molecule has 2 aliphatic heterocycles. The molecule has 0 saturated carbocycles. The Morgan fingerprint density at radius 1 is 1.29 bits per heavy atom. The number of nitrogens with zero attached hydrogens (tertiary/aromatic N) is 1. The van der Waals surface area contributed by atoms with Crippen LogP contribution in [-0.2, 0) is 4.74 Å². The number of fused-ring (bicyclic) bond motifs is 2. The molecule has 2 rings (SSSR count). The monoisotopic (exact) mass is 198 g/mol. The van der Waals surface area contributed by atoms with E-state index in [4.69, 9.17) is 10.5 Å². The summed E-state index contributed by atoms with van der Waals surface area (Å²) in [6, 6.07) is 0.664. The summed E-state index contributed by atoms with van der Waals surface area (Å²) in [4.78, 5) is 2.57. The fourth-order valence-corrected chi connectivity index (χ4v) is 2.86. The number of ether oxygens (including phenoxy) is 1. The Balaban J connectivity index is 2.04. The number of piperidine rings is 1. The lowest BCUT2D eigenvalue weighted by atomic mass is 9.76. The second-order valence-corrected chi connectivity index (χ2v) is 5.00. The van der Waals surface area contributed by atoms with Crippen LogP contribution >= 0.6 is 0 Å². The van der Waals surface area contributed by atoms with Crippen LogP contribution in [0.15, 0.2) is 0 Å². The molecule has 0 aromatic rings. The molecule has 3 heteroatoms. The number of rotatable bonds is 2. The Morgan fingerprint density at radius 3 is 2.29 bits per heavy atom. The third-order valence-corrected chi connectivity index (χ3v) is 3.82. The predicted molar refractivity (Wildman–Crippen MR) is 57.1 cm³/mol. The average Bonchev–Trinajstić information content (AvgIpc) is 2.15. The molecule has 3 nitrogen and oxygen atoms in total. The van der Waals surface area contributed by atoms with Crippen molar-refractivity contribution < 1.29 is 4.74 Å². The molecule has 0 aromatic heterocycles. The van der Waals surface area contributed by atoms with Crippen molar-refractivity contribution in [1.82, 2.24) is 4.90 Å². The first-order valence-corrected chi connectivity index (χ1v) is 5.74. The van der Waals surface area contributed by atoms with Gasteiger partial charge in [-0.2, -0.15) is 0 Å². The number of hydrogen-bond acceptors (Lipinski definition) is 3. The van der Waals surface area contributed by atoms with Crippen molar-refractivity contribution in [2.75, 3.05) is 32.8 Å². The van der Waals surface area contributed by atoms with Crippen LogP contribution in [0.1, 0.15) is 13.8 Å². The normalized spacial score (nSPS) is 39.0. The van der Waals surface area contributed by atoms with E-state index in [1.54, 1.807) is 0 Å². The van der Waals surface area contributed by atoms with Gasteiger partial charge in [-0.25, -0.2) is 0 Å². The van der Waals surface area contributed by atoms with Crippen LogP contribution in [0.25, 0.3) is 0 Å². The largest absolute Gasteiger partial charge is 0.381 e. The zero-order chi connectivity index (χ0) is 10.1. The molecule has 82 valence electrons. The van der Waals surface area contributed by atoms with E-state index in [2.05, 4.69) is 18.7 Å². The summed E-state index contributed by atoms with van der Waals surface area (Å²) in [5, 5.41) is 0. The molecule has 0 amide bonds. The summed E-state index contributed by atoms with van der Waals surface area (Å²) >= 11 is 0. The van der Waals surface area contributed by atoms with Crippen molar-refractivity contribution in [1.29, 1.82) is 0 Å². The van der Waals surface area contributed by atoms with Gasteiger partial charge in [0.25, 0.3) is 0 Å². The molecule has 2 bridgehead atoms. The van der Waals surface area contributed by atoms with Crippen molar-refractivity contribution in [2.45, 2.75) is 19.9 Å². The molecule has 2 saturated heterocycles. The summed E-state index contributed by atoms with van der Waals surface area (Å²) in [5.74, 6) is 2.06. The molecule has 0 radical (unpaired) electrons. The second kappa shape index (κ2) is 4.17. The van der Waals surface area contributed by atoms with Crippen molar-refractivity contribution in [3.05, 3.63) is 0 Å². The maximum Gasteiger partial charge on any atom is 0.0509 e. The van der Waals surface area contributed by atoms with Crippen LogP contribution in [-0.4, -0.2) is 43.8 Å². The van der Waals surface area contributed by atoms with Gasteiger partial charge in [0, 0.05) is 19.1 Å². The van der Waals surface area contributed by atoms with Crippen molar-refractivity contribution in [3.63, 3.8) is 0 Å². The lowest BCUT2D eigenvalue weighted by molar-refractivity contribution is -0.0863. The second-order valence-electron chi connectivity index (χ2n) is 5.00.